The Balaban J connectivity index is 1.34. The molecule has 6 nitrogen and oxygen atoms in total. The van der Waals surface area contributed by atoms with E-state index in [0.717, 1.165) is 24.4 Å². The number of aryl methyl sites for hydroxylation is 1. The number of amides is 2. The molecule has 1 aliphatic rings. The smallest absolute Gasteiger partial charge is 0.234 e. The van der Waals surface area contributed by atoms with Crippen molar-refractivity contribution in [1.29, 1.82) is 0 Å². The van der Waals surface area contributed by atoms with Crippen molar-refractivity contribution in [2.45, 2.75) is 19.4 Å². The van der Waals surface area contributed by atoms with E-state index in [4.69, 9.17) is 4.42 Å². The van der Waals surface area contributed by atoms with Crippen LogP contribution in [0.4, 0.5) is 0 Å². The zero-order chi connectivity index (χ0) is 18.2. The SMILES string of the molecule is O=C(CN1CCN(C(=O)CCc2ccco2)CC1)NCc1ccccc1. The first-order chi connectivity index (χ1) is 12.7. The van der Waals surface area contributed by atoms with E-state index >= 15 is 0 Å². The zero-order valence-electron chi connectivity index (χ0n) is 14.9. The third-order valence-electron chi connectivity index (χ3n) is 4.59. The highest BCUT2D eigenvalue weighted by molar-refractivity contribution is 5.78. The van der Waals surface area contributed by atoms with Gasteiger partial charge in [-0.3, -0.25) is 14.5 Å². The van der Waals surface area contributed by atoms with Crippen LogP contribution in [0.15, 0.2) is 53.1 Å². The Morgan fingerprint density at radius 2 is 1.77 bits per heavy atom. The van der Waals surface area contributed by atoms with Crippen LogP contribution in [0.25, 0.3) is 0 Å². The van der Waals surface area contributed by atoms with Gasteiger partial charge >= 0.3 is 0 Å². The van der Waals surface area contributed by atoms with Gasteiger partial charge in [-0.25, -0.2) is 0 Å². The lowest BCUT2D eigenvalue weighted by atomic mass is 10.2. The lowest BCUT2D eigenvalue weighted by Crippen LogP contribution is -2.51. The minimum Gasteiger partial charge on any atom is -0.469 e. The maximum atomic E-state index is 12.3. The highest BCUT2D eigenvalue weighted by atomic mass is 16.3. The minimum atomic E-state index is 0.0199. The number of carbonyl (C=O) groups excluding carboxylic acids is 2. The molecule has 1 saturated heterocycles. The number of hydrogen-bond acceptors (Lipinski definition) is 4. The van der Waals surface area contributed by atoms with Crippen LogP contribution in [0, 0.1) is 0 Å². The monoisotopic (exact) mass is 355 g/mol. The summed E-state index contributed by atoms with van der Waals surface area (Å²) in [5.74, 6) is 1.01. The molecule has 1 aliphatic heterocycles. The summed E-state index contributed by atoms with van der Waals surface area (Å²) < 4.78 is 5.26. The molecule has 2 amide bonds. The Morgan fingerprint density at radius 3 is 2.46 bits per heavy atom. The van der Waals surface area contributed by atoms with Crippen LogP contribution < -0.4 is 5.32 Å². The molecule has 2 aromatic rings. The summed E-state index contributed by atoms with van der Waals surface area (Å²) in [7, 11) is 0. The molecule has 0 radical (unpaired) electrons. The predicted octanol–water partition coefficient (Wildman–Crippen LogP) is 1.67. The maximum Gasteiger partial charge on any atom is 0.234 e. The minimum absolute atomic E-state index is 0.0199. The number of carbonyl (C=O) groups is 2. The first kappa shape index (κ1) is 18.2. The molecule has 26 heavy (non-hydrogen) atoms. The van der Waals surface area contributed by atoms with Crippen molar-refractivity contribution in [3.05, 3.63) is 60.1 Å². The normalized spacial score (nSPS) is 15.0. The average Bonchev–Trinajstić information content (AvgIpc) is 3.19. The largest absolute Gasteiger partial charge is 0.469 e. The molecular weight excluding hydrogens is 330 g/mol. The summed E-state index contributed by atoms with van der Waals surface area (Å²) in [5.41, 5.74) is 1.09. The number of furan rings is 1. The molecule has 3 rings (SSSR count). The fraction of sp³-hybridized carbons (Fsp3) is 0.400. The lowest BCUT2D eigenvalue weighted by molar-refractivity contribution is -0.133. The molecule has 0 bridgehead atoms. The topological polar surface area (TPSA) is 65.8 Å². The van der Waals surface area contributed by atoms with E-state index in [9.17, 15) is 9.59 Å². The van der Waals surface area contributed by atoms with E-state index in [1.807, 2.05) is 47.4 Å². The summed E-state index contributed by atoms with van der Waals surface area (Å²) in [6.07, 6.45) is 2.72. The van der Waals surface area contributed by atoms with E-state index in [-0.39, 0.29) is 11.8 Å². The van der Waals surface area contributed by atoms with Gasteiger partial charge in [0, 0.05) is 45.6 Å². The van der Waals surface area contributed by atoms with Crippen LogP contribution >= 0.6 is 0 Å². The molecule has 1 N–H and O–H groups in total. The molecule has 0 unspecified atom stereocenters. The molecule has 0 atom stereocenters. The molecule has 0 spiro atoms. The third kappa shape index (κ3) is 5.46. The van der Waals surface area contributed by atoms with Gasteiger partial charge in [-0.05, 0) is 17.7 Å². The molecule has 1 aromatic carbocycles. The van der Waals surface area contributed by atoms with Gasteiger partial charge in [-0.2, -0.15) is 0 Å². The van der Waals surface area contributed by atoms with Crippen molar-refractivity contribution >= 4 is 11.8 Å². The average molecular weight is 355 g/mol. The van der Waals surface area contributed by atoms with Crippen molar-refractivity contribution in [1.82, 2.24) is 15.1 Å². The van der Waals surface area contributed by atoms with E-state index in [0.29, 0.717) is 39.0 Å². The van der Waals surface area contributed by atoms with Crippen LogP contribution in [-0.4, -0.2) is 54.3 Å². The number of piperazine rings is 1. The molecule has 2 heterocycles. The van der Waals surface area contributed by atoms with Gasteiger partial charge in [0.1, 0.15) is 5.76 Å². The zero-order valence-corrected chi connectivity index (χ0v) is 14.9. The summed E-state index contributed by atoms with van der Waals surface area (Å²) in [6.45, 7) is 3.72. The second-order valence-electron chi connectivity index (χ2n) is 6.50. The summed E-state index contributed by atoms with van der Waals surface area (Å²) in [4.78, 5) is 28.3. The standard InChI is InChI=1S/C20H25N3O3/c24-19(21-15-17-5-2-1-3-6-17)16-22-10-12-23(13-11-22)20(25)9-8-18-7-4-14-26-18/h1-7,14H,8-13,15-16H2,(H,21,24). The van der Waals surface area contributed by atoms with Crippen LogP contribution in [-0.2, 0) is 22.6 Å². The number of nitrogens with zero attached hydrogens (tertiary/aromatic N) is 2. The maximum absolute atomic E-state index is 12.3. The fourth-order valence-electron chi connectivity index (χ4n) is 3.05. The molecule has 138 valence electrons. The van der Waals surface area contributed by atoms with Crippen molar-refractivity contribution in [3.63, 3.8) is 0 Å². The quantitative estimate of drug-likeness (QED) is 0.821. The van der Waals surface area contributed by atoms with E-state index in [1.54, 1.807) is 6.26 Å². The van der Waals surface area contributed by atoms with Gasteiger partial charge < -0.3 is 14.6 Å². The molecule has 0 saturated carbocycles. The predicted molar refractivity (Wildman–Crippen MR) is 98.3 cm³/mol. The molecular formula is C20H25N3O3. The highest BCUT2D eigenvalue weighted by Gasteiger charge is 2.22. The van der Waals surface area contributed by atoms with Gasteiger partial charge in [0.2, 0.25) is 11.8 Å². The van der Waals surface area contributed by atoms with E-state index in [1.165, 1.54) is 0 Å². The van der Waals surface area contributed by atoms with Crippen molar-refractivity contribution in [2.75, 3.05) is 32.7 Å². The first-order valence-electron chi connectivity index (χ1n) is 9.04. The molecule has 6 heteroatoms. The van der Waals surface area contributed by atoms with Crippen LogP contribution in [0.5, 0.6) is 0 Å². The van der Waals surface area contributed by atoms with Gasteiger partial charge in [-0.15, -0.1) is 0 Å². The Hall–Kier alpha value is -2.60. The fourth-order valence-corrected chi connectivity index (χ4v) is 3.05. The number of benzene rings is 1. The van der Waals surface area contributed by atoms with Crippen LogP contribution in [0.2, 0.25) is 0 Å². The van der Waals surface area contributed by atoms with Gasteiger partial charge in [-0.1, -0.05) is 30.3 Å². The van der Waals surface area contributed by atoms with Gasteiger partial charge in [0.15, 0.2) is 0 Å². The Kier molecular flexibility index (Phi) is 6.44. The number of hydrogen-bond donors (Lipinski definition) is 1. The number of rotatable bonds is 7. The Bertz CT molecular complexity index is 692. The van der Waals surface area contributed by atoms with Crippen molar-refractivity contribution < 1.29 is 14.0 Å². The van der Waals surface area contributed by atoms with E-state index in [2.05, 4.69) is 10.2 Å². The Labute approximate surface area is 153 Å². The van der Waals surface area contributed by atoms with Gasteiger partial charge in [0.25, 0.3) is 0 Å². The second-order valence-corrected chi connectivity index (χ2v) is 6.50. The highest BCUT2D eigenvalue weighted by Crippen LogP contribution is 2.08. The molecule has 0 aliphatic carbocycles. The lowest BCUT2D eigenvalue weighted by Gasteiger charge is -2.34. The van der Waals surface area contributed by atoms with Crippen molar-refractivity contribution in [3.8, 4) is 0 Å². The second kappa shape index (κ2) is 9.20. The summed E-state index contributed by atoms with van der Waals surface area (Å²) >= 11 is 0. The summed E-state index contributed by atoms with van der Waals surface area (Å²) in [6, 6.07) is 13.6. The van der Waals surface area contributed by atoms with E-state index < -0.39 is 0 Å². The number of nitrogens with one attached hydrogen (secondary N) is 1. The molecule has 1 aromatic heterocycles. The van der Waals surface area contributed by atoms with Crippen LogP contribution in [0.3, 0.4) is 0 Å². The summed E-state index contributed by atoms with van der Waals surface area (Å²) in [5, 5.41) is 2.94. The van der Waals surface area contributed by atoms with Crippen LogP contribution in [0.1, 0.15) is 17.7 Å². The third-order valence-corrected chi connectivity index (χ3v) is 4.59. The Morgan fingerprint density at radius 1 is 1.00 bits per heavy atom. The first-order valence-corrected chi connectivity index (χ1v) is 9.04. The van der Waals surface area contributed by atoms with Gasteiger partial charge in [0.05, 0.1) is 12.8 Å². The molecule has 1 fully saturated rings. The van der Waals surface area contributed by atoms with Crippen molar-refractivity contribution in [2.24, 2.45) is 0 Å².